The first-order chi connectivity index (χ1) is 9.11. The van der Waals surface area contributed by atoms with Gasteiger partial charge in [0, 0.05) is 19.1 Å². The van der Waals surface area contributed by atoms with Crippen LogP contribution in [-0.2, 0) is 6.42 Å². The monoisotopic (exact) mass is 269 g/mol. The molecule has 1 unspecified atom stereocenters. The number of halogens is 1. The van der Waals surface area contributed by atoms with Crippen LogP contribution < -0.4 is 0 Å². The summed E-state index contributed by atoms with van der Waals surface area (Å²) in [6.07, 6.45) is -0.730. The molecule has 0 bridgehead atoms. The molecule has 2 rings (SSSR count). The van der Waals surface area contributed by atoms with Crippen molar-refractivity contribution in [2.45, 2.75) is 31.1 Å². The molecule has 4 nitrogen and oxygen atoms in total. The Morgan fingerprint density at radius 3 is 2.63 bits per heavy atom. The quantitative estimate of drug-likeness (QED) is 0.728. The summed E-state index contributed by atoms with van der Waals surface area (Å²) in [5, 5.41) is 28.6. The van der Waals surface area contributed by atoms with Crippen LogP contribution in [-0.4, -0.2) is 58.2 Å². The van der Waals surface area contributed by atoms with E-state index in [1.54, 1.807) is 18.2 Å². The van der Waals surface area contributed by atoms with Gasteiger partial charge < -0.3 is 15.3 Å². The molecule has 1 aromatic rings. The Kier molecular flexibility index (Phi) is 4.87. The second-order valence-corrected chi connectivity index (χ2v) is 5.04. The Morgan fingerprint density at radius 1 is 1.21 bits per heavy atom. The van der Waals surface area contributed by atoms with Crippen LogP contribution in [0.2, 0.25) is 0 Å². The molecule has 0 aliphatic carbocycles. The van der Waals surface area contributed by atoms with Gasteiger partial charge in [-0.05, 0) is 24.5 Å². The number of piperidine rings is 1. The highest BCUT2D eigenvalue weighted by Gasteiger charge is 2.32. The van der Waals surface area contributed by atoms with E-state index in [0.29, 0.717) is 31.5 Å². The van der Waals surface area contributed by atoms with Crippen LogP contribution in [0, 0.1) is 5.82 Å². The maximum atomic E-state index is 13.5. The summed E-state index contributed by atoms with van der Waals surface area (Å²) in [4.78, 5) is 1.91. The summed E-state index contributed by atoms with van der Waals surface area (Å²) in [6.45, 7) is 0.790. The predicted octanol–water partition coefficient (Wildman–Crippen LogP) is 0.157. The molecule has 1 saturated heterocycles. The Bertz CT molecular complexity index is 415. The molecular formula is C14H20FNO3. The van der Waals surface area contributed by atoms with E-state index in [2.05, 4.69) is 0 Å². The van der Waals surface area contributed by atoms with Gasteiger partial charge in [0.25, 0.3) is 0 Å². The van der Waals surface area contributed by atoms with Crippen LogP contribution in [0.3, 0.4) is 0 Å². The van der Waals surface area contributed by atoms with E-state index in [1.165, 1.54) is 6.07 Å². The molecule has 0 spiro atoms. The zero-order valence-corrected chi connectivity index (χ0v) is 10.7. The first kappa shape index (κ1) is 14.4. The molecule has 1 aliphatic rings. The zero-order chi connectivity index (χ0) is 13.8. The number of hydrogen-bond acceptors (Lipinski definition) is 4. The van der Waals surface area contributed by atoms with E-state index in [-0.39, 0.29) is 18.5 Å². The van der Waals surface area contributed by atoms with Gasteiger partial charge in [-0.2, -0.15) is 0 Å². The Morgan fingerprint density at radius 2 is 1.95 bits per heavy atom. The Hall–Kier alpha value is -1.01. The van der Waals surface area contributed by atoms with Gasteiger partial charge in [-0.15, -0.1) is 0 Å². The minimum Gasteiger partial charge on any atom is -0.395 e. The van der Waals surface area contributed by atoms with Crippen molar-refractivity contribution < 1.29 is 19.7 Å². The highest BCUT2D eigenvalue weighted by atomic mass is 19.1. The molecule has 0 aromatic heterocycles. The third-order valence-corrected chi connectivity index (χ3v) is 3.73. The topological polar surface area (TPSA) is 63.9 Å². The average Bonchev–Trinajstić information content (AvgIpc) is 2.41. The van der Waals surface area contributed by atoms with E-state index in [4.69, 9.17) is 0 Å². The van der Waals surface area contributed by atoms with Gasteiger partial charge in [0.15, 0.2) is 0 Å². The molecule has 1 aliphatic heterocycles. The van der Waals surface area contributed by atoms with Crippen molar-refractivity contribution in [2.24, 2.45) is 0 Å². The number of rotatable bonds is 4. The number of likely N-dealkylation sites (tertiary alicyclic amines) is 1. The fourth-order valence-electron chi connectivity index (χ4n) is 2.52. The molecule has 3 N–H and O–H groups in total. The molecule has 1 aromatic carbocycles. The minimum absolute atomic E-state index is 0.0684. The smallest absolute Gasteiger partial charge is 0.126 e. The van der Waals surface area contributed by atoms with Gasteiger partial charge in [-0.1, -0.05) is 18.2 Å². The summed E-state index contributed by atoms with van der Waals surface area (Å²) >= 11 is 0. The van der Waals surface area contributed by atoms with Crippen molar-refractivity contribution in [3.8, 4) is 0 Å². The van der Waals surface area contributed by atoms with Crippen LogP contribution in [0.5, 0.6) is 0 Å². The van der Waals surface area contributed by atoms with Gasteiger partial charge in [-0.3, -0.25) is 4.90 Å². The lowest BCUT2D eigenvalue weighted by Gasteiger charge is -2.39. The molecule has 0 radical (unpaired) electrons. The third-order valence-electron chi connectivity index (χ3n) is 3.73. The van der Waals surface area contributed by atoms with Crippen molar-refractivity contribution in [3.05, 3.63) is 35.6 Å². The summed E-state index contributed by atoms with van der Waals surface area (Å²) in [5.74, 6) is -0.236. The van der Waals surface area contributed by atoms with Gasteiger partial charge in [0.05, 0.1) is 18.8 Å². The van der Waals surface area contributed by atoms with Gasteiger partial charge in [-0.25, -0.2) is 4.39 Å². The van der Waals surface area contributed by atoms with E-state index in [0.717, 1.165) is 0 Å². The molecule has 0 amide bonds. The lowest BCUT2D eigenvalue weighted by Crippen LogP contribution is -2.54. The molecule has 1 fully saturated rings. The lowest BCUT2D eigenvalue weighted by molar-refractivity contribution is -0.0704. The summed E-state index contributed by atoms with van der Waals surface area (Å²) < 4.78 is 13.5. The number of aliphatic hydroxyl groups excluding tert-OH is 3. The zero-order valence-electron chi connectivity index (χ0n) is 10.7. The molecule has 0 saturated carbocycles. The van der Waals surface area contributed by atoms with Crippen LogP contribution in [0.15, 0.2) is 24.3 Å². The van der Waals surface area contributed by atoms with Crippen molar-refractivity contribution in [1.29, 1.82) is 0 Å². The largest absolute Gasteiger partial charge is 0.395 e. The number of hydrogen-bond donors (Lipinski definition) is 3. The molecular weight excluding hydrogens is 249 g/mol. The fourth-order valence-corrected chi connectivity index (χ4v) is 2.52. The van der Waals surface area contributed by atoms with E-state index in [9.17, 15) is 19.7 Å². The molecule has 1 heterocycles. The normalized spacial score (nSPS) is 28.5. The number of nitrogens with zero attached hydrogens (tertiary/aromatic N) is 1. The van der Waals surface area contributed by atoms with Crippen molar-refractivity contribution in [1.82, 2.24) is 4.90 Å². The Labute approximate surface area is 112 Å². The second kappa shape index (κ2) is 6.43. The van der Waals surface area contributed by atoms with Crippen LogP contribution in [0.1, 0.15) is 12.0 Å². The van der Waals surface area contributed by atoms with Gasteiger partial charge >= 0.3 is 0 Å². The second-order valence-electron chi connectivity index (χ2n) is 5.04. The van der Waals surface area contributed by atoms with Crippen LogP contribution in [0.25, 0.3) is 0 Å². The third kappa shape index (κ3) is 3.51. The molecule has 106 valence electrons. The predicted molar refractivity (Wildman–Crippen MR) is 69.2 cm³/mol. The first-order valence-electron chi connectivity index (χ1n) is 6.56. The van der Waals surface area contributed by atoms with Crippen molar-refractivity contribution >= 4 is 0 Å². The number of benzene rings is 1. The van der Waals surface area contributed by atoms with E-state index >= 15 is 0 Å². The van der Waals surface area contributed by atoms with Crippen molar-refractivity contribution in [3.63, 3.8) is 0 Å². The Balaban J connectivity index is 1.96. The van der Waals surface area contributed by atoms with E-state index < -0.39 is 12.2 Å². The van der Waals surface area contributed by atoms with Gasteiger partial charge in [0.2, 0.25) is 0 Å². The molecule has 5 heteroatoms. The maximum Gasteiger partial charge on any atom is 0.126 e. The lowest BCUT2D eigenvalue weighted by atomic mass is 9.97. The SMILES string of the molecule is OC[C@H]1CC(O)[C@@H](O)CN1CCc1ccccc1F. The van der Waals surface area contributed by atoms with Crippen LogP contribution >= 0.6 is 0 Å². The van der Waals surface area contributed by atoms with E-state index in [1.807, 2.05) is 4.90 Å². The van der Waals surface area contributed by atoms with Gasteiger partial charge in [0.1, 0.15) is 5.82 Å². The highest BCUT2D eigenvalue weighted by Crippen LogP contribution is 2.19. The number of β-amino-alcohol motifs (C(OH)–C–C–N with tert-alkyl or cyclic N) is 1. The standard InChI is InChI=1S/C14H20FNO3/c15-12-4-2-1-3-10(12)5-6-16-8-14(19)13(18)7-11(16)9-17/h1-4,11,13-14,17-19H,5-9H2/t11-,13?,14+/m1/s1. The number of aliphatic hydroxyl groups is 3. The minimum atomic E-state index is -0.802. The molecule has 3 atom stereocenters. The summed E-state index contributed by atoms with van der Waals surface area (Å²) in [5.41, 5.74) is 0.625. The summed E-state index contributed by atoms with van der Waals surface area (Å²) in [7, 11) is 0. The van der Waals surface area contributed by atoms with Crippen molar-refractivity contribution in [2.75, 3.05) is 19.7 Å². The summed E-state index contributed by atoms with van der Waals surface area (Å²) in [6, 6.07) is 6.42. The average molecular weight is 269 g/mol. The fraction of sp³-hybridized carbons (Fsp3) is 0.571. The first-order valence-corrected chi connectivity index (χ1v) is 6.56. The molecule has 19 heavy (non-hydrogen) atoms. The highest BCUT2D eigenvalue weighted by molar-refractivity contribution is 5.17. The maximum absolute atomic E-state index is 13.5. The van der Waals surface area contributed by atoms with Crippen LogP contribution in [0.4, 0.5) is 4.39 Å².